The molecule has 0 amide bonds. The molecule has 1 aromatic rings. The van der Waals surface area contributed by atoms with Crippen molar-refractivity contribution < 1.29 is 14.6 Å². The van der Waals surface area contributed by atoms with Crippen molar-refractivity contribution in [3.8, 4) is 5.75 Å². The van der Waals surface area contributed by atoms with Gasteiger partial charge in [0.2, 0.25) is 0 Å². The highest BCUT2D eigenvalue weighted by Gasteiger charge is 2.36. The number of β-amino-alcohol motifs (C(OH)–C–C–N with tert-alkyl or cyclic N) is 1. The minimum absolute atomic E-state index is 0.0513. The van der Waals surface area contributed by atoms with Gasteiger partial charge in [-0.1, -0.05) is 12.1 Å². The smallest absolute Gasteiger partial charge is 0.119 e. The number of aliphatic hydroxyl groups is 1. The number of hydrogen-bond donors (Lipinski definition) is 2. The van der Waals surface area contributed by atoms with Gasteiger partial charge in [-0.25, -0.2) is 0 Å². The predicted octanol–water partition coefficient (Wildman–Crippen LogP) is 1.89. The molecule has 1 aliphatic rings. The molecule has 3 atom stereocenters. The summed E-state index contributed by atoms with van der Waals surface area (Å²) in [6.45, 7) is 7.81. The molecule has 4 nitrogen and oxygen atoms in total. The summed E-state index contributed by atoms with van der Waals surface area (Å²) < 4.78 is 11.2. The maximum atomic E-state index is 10.0. The largest absolute Gasteiger partial charge is 0.491 e. The maximum absolute atomic E-state index is 10.0. The molecule has 0 spiro atoms. The van der Waals surface area contributed by atoms with Crippen molar-refractivity contribution in [1.29, 1.82) is 0 Å². The van der Waals surface area contributed by atoms with Crippen LogP contribution in [0.2, 0.25) is 0 Å². The average molecular weight is 279 g/mol. The molecular formula is C16H25NO3. The highest BCUT2D eigenvalue weighted by molar-refractivity contribution is 5.27. The van der Waals surface area contributed by atoms with Gasteiger partial charge in [-0.2, -0.15) is 0 Å². The lowest BCUT2D eigenvalue weighted by molar-refractivity contribution is 0.0686. The highest BCUT2D eigenvalue weighted by atomic mass is 16.5. The van der Waals surface area contributed by atoms with E-state index in [1.165, 1.54) is 0 Å². The van der Waals surface area contributed by atoms with E-state index in [9.17, 15) is 5.11 Å². The van der Waals surface area contributed by atoms with E-state index in [2.05, 4.69) is 19.2 Å². The molecule has 2 rings (SSSR count). The van der Waals surface area contributed by atoms with Crippen molar-refractivity contribution in [2.45, 2.75) is 44.9 Å². The first-order valence-corrected chi connectivity index (χ1v) is 7.24. The maximum Gasteiger partial charge on any atom is 0.119 e. The number of rotatable bonds is 6. The van der Waals surface area contributed by atoms with Crippen molar-refractivity contribution in [3.05, 3.63) is 29.8 Å². The van der Waals surface area contributed by atoms with Gasteiger partial charge in [0.05, 0.1) is 6.10 Å². The fourth-order valence-corrected chi connectivity index (χ4v) is 2.37. The standard InChI is InChI=1S/C16H25NO3/c1-12-5-4-6-15(9-12)20-11-14(18)10-17-16(3)7-8-19-13(16)2/h4-6,9,13-14,17-18H,7-8,10-11H2,1-3H3. The Morgan fingerprint density at radius 3 is 3.00 bits per heavy atom. The van der Waals surface area contributed by atoms with Crippen molar-refractivity contribution in [3.63, 3.8) is 0 Å². The molecule has 20 heavy (non-hydrogen) atoms. The fraction of sp³-hybridized carbons (Fsp3) is 0.625. The molecular weight excluding hydrogens is 254 g/mol. The van der Waals surface area contributed by atoms with Crippen LogP contribution >= 0.6 is 0 Å². The van der Waals surface area contributed by atoms with Crippen molar-refractivity contribution in [1.82, 2.24) is 5.32 Å². The van der Waals surface area contributed by atoms with E-state index in [4.69, 9.17) is 9.47 Å². The summed E-state index contributed by atoms with van der Waals surface area (Å²) in [5.41, 5.74) is 1.10. The lowest BCUT2D eigenvalue weighted by atomic mass is 9.94. The Morgan fingerprint density at radius 1 is 1.55 bits per heavy atom. The second-order valence-electron chi connectivity index (χ2n) is 5.84. The van der Waals surface area contributed by atoms with E-state index in [1.807, 2.05) is 31.2 Å². The van der Waals surface area contributed by atoms with Gasteiger partial charge in [0.25, 0.3) is 0 Å². The molecule has 0 aliphatic carbocycles. The number of hydrogen-bond acceptors (Lipinski definition) is 4. The third-order valence-electron chi connectivity index (χ3n) is 4.06. The summed E-state index contributed by atoms with van der Waals surface area (Å²) in [7, 11) is 0. The van der Waals surface area contributed by atoms with Gasteiger partial charge in [0.1, 0.15) is 18.5 Å². The lowest BCUT2D eigenvalue weighted by Crippen LogP contribution is -2.51. The number of aliphatic hydroxyl groups excluding tert-OH is 1. The summed E-state index contributed by atoms with van der Waals surface area (Å²) in [6, 6.07) is 7.84. The minimum atomic E-state index is -0.528. The van der Waals surface area contributed by atoms with Gasteiger partial charge in [-0.05, 0) is 44.9 Å². The first kappa shape index (κ1) is 15.3. The Balaban J connectivity index is 1.74. The van der Waals surface area contributed by atoms with Gasteiger partial charge in [0, 0.05) is 18.7 Å². The van der Waals surface area contributed by atoms with Gasteiger partial charge in [-0.15, -0.1) is 0 Å². The van der Waals surface area contributed by atoms with E-state index >= 15 is 0 Å². The molecule has 2 N–H and O–H groups in total. The monoisotopic (exact) mass is 279 g/mol. The third-order valence-corrected chi connectivity index (χ3v) is 4.06. The van der Waals surface area contributed by atoms with Crippen LogP contribution in [0.5, 0.6) is 5.75 Å². The molecule has 3 unspecified atom stereocenters. The van der Waals surface area contributed by atoms with Gasteiger partial charge < -0.3 is 19.9 Å². The molecule has 0 radical (unpaired) electrons. The summed E-state index contributed by atoms with van der Waals surface area (Å²) in [6.07, 6.45) is 0.618. The van der Waals surface area contributed by atoms with Crippen LogP contribution in [-0.2, 0) is 4.74 Å². The van der Waals surface area contributed by atoms with Crippen LogP contribution in [0.25, 0.3) is 0 Å². The molecule has 1 fully saturated rings. The van der Waals surface area contributed by atoms with E-state index in [1.54, 1.807) is 0 Å². The van der Waals surface area contributed by atoms with Crippen LogP contribution in [0.1, 0.15) is 25.8 Å². The number of ether oxygens (including phenoxy) is 2. The molecule has 1 aliphatic heterocycles. The fourth-order valence-electron chi connectivity index (χ4n) is 2.37. The predicted molar refractivity (Wildman–Crippen MR) is 79.1 cm³/mol. The van der Waals surface area contributed by atoms with Crippen LogP contribution in [0.3, 0.4) is 0 Å². The number of benzene rings is 1. The molecule has 1 aromatic carbocycles. The summed E-state index contributed by atoms with van der Waals surface area (Å²) in [4.78, 5) is 0. The number of aryl methyl sites for hydroxylation is 1. The van der Waals surface area contributed by atoms with Gasteiger partial charge >= 0.3 is 0 Å². The second kappa shape index (κ2) is 6.57. The van der Waals surface area contributed by atoms with Gasteiger partial charge in [-0.3, -0.25) is 0 Å². The van der Waals surface area contributed by atoms with Crippen LogP contribution in [0.4, 0.5) is 0 Å². The SMILES string of the molecule is Cc1cccc(OCC(O)CNC2(C)CCOC2C)c1. The first-order valence-electron chi connectivity index (χ1n) is 7.24. The average Bonchev–Trinajstić information content (AvgIpc) is 2.75. The van der Waals surface area contributed by atoms with E-state index in [-0.39, 0.29) is 11.6 Å². The Labute approximate surface area is 121 Å². The van der Waals surface area contributed by atoms with Gasteiger partial charge in [0.15, 0.2) is 0 Å². The zero-order valence-corrected chi connectivity index (χ0v) is 12.6. The van der Waals surface area contributed by atoms with Crippen LogP contribution < -0.4 is 10.1 Å². The normalized spacial score (nSPS) is 27.5. The van der Waals surface area contributed by atoms with Crippen molar-refractivity contribution >= 4 is 0 Å². The topological polar surface area (TPSA) is 50.7 Å². The molecule has 0 bridgehead atoms. The van der Waals surface area contributed by atoms with Crippen LogP contribution in [0.15, 0.2) is 24.3 Å². The molecule has 1 heterocycles. The molecule has 1 saturated heterocycles. The Hall–Kier alpha value is -1.10. The molecule has 0 aromatic heterocycles. The Morgan fingerprint density at radius 2 is 2.35 bits per heavy atom. The van der Waals surface area contributed by atoms with Crippen LogP contribution in [-0.4, -0.2) is 42.6 Å². The quantitative estimate of drug-likeness (QED) is 0.835. The summed E-state index contributed by atoms with van der Waals surface area (Å²) in [5, 5.41) is 13.4. The zero-order chi connectivity index (χ0) is 14.6. The van der Waals surface area contributed by atoms with Crippen molar-refractivity contribution in [2.75, 3.05) is 19.8 Å². The van der Waals surface area contributed by atoms with E-state index in [0.29, 0.717) is 13.2 Å². The Kier molecular flexibility index (Phi) is 5.02. The Bertz CT molecular complexity index is 437. The van der Waals surface area contributed by atoms with E-state index in [0.717, 1.165) is 24.3 Å². The molecule has 4 heteroatoms. The highest BCUT2D eigenvalue weighted by Crippen LogP contribution is 2.24. The lowest BCUT2D eigenvalue weighted by Gasteiger charge is -2.30. The minimum Gasteiger partial charge on any atom is -0.491 e. The van der Waals surface area contributed by atoms with E-state index < -0.39 is 6.10 Å². The number of nitrogens with one attached hydrogen (secondary N) is 1. The van der Waals surface area contributed by atoms with Crippen LogP contribution in [0, 0.1) is 6.92 Å². The first-order chi connectivity index (χ1) is 9.49. The molecule has 112 valence electrons. The van der Waals surface area contributed by atoms with Crippen molar-refractivity contribution in [2.24, 2.45) is 0 Å². The second-order valence-corrected chi connectivity index (χ2v) is 5.84. The molecule has 0 saturated carbocycles. The summed E-state index contributed by atoms with van der Waals surface area (Å²) >= 11 is 0. The zero-order valence-electron chi connectivity index (χ0n) is 12.6. The summed E-state index contributed by atoms with van der Waals surface area (Å²) in [5.74, 6) is 0.799. The third kappa shape index (κ3) is 3.95.